The molecule has 2 aromatic rings. The van der Waals surface area contributed by atoms with Crippen molar-refractivity contribution in [1.29, 1.82) is 0 Å². The number of carbonyl (C=O) groups is 1. The Morgan fingerprint density at radius 1 is 1.33 bits per heavy atom. The molecule has 21 heavy (non-hydrogen) atoms. The molecule has 0 aliphatic carbocycles. The molecule has 1 heterocycles. The fourth-order valence-corrected chi connectivity index (χ4v) is 2.92. The number of benzene rings is 1. The van der Waals surface area contributed by atoms with Crippen LogP contribution < -0.4 is 4.90 Å². The van der Waals surface area contributed by atoms with E-state index in [4.69, 9.17) is 5.11 Å². The Bertz CT molecular complexity index is 694. The van der Waals surface area contributed by atoms with Gasteiger partial charge in [-0.1, -0.05) is 30.0 Å². The lowest BCUT2D eigenvalue weighted by atomic mass is 10.1. The highest BCUT2D eigenvalue weighted by Gasteiger charge is 2.20. The van der Waals surface area contributed by atoms with Gasteiger partial charge in [-0.2, -0.15) is 0 Å². The zero-order valence-electron chi connectivity index (χ0n) is 12.1. The molecule has 0 bridgehead atoms. The Kier molecular flexibility index (Phi) is 5.15. The van der Waals surface area contributed by atoms with Crippen molar-refractivity contribution in [2.24, 2.45) is 0 Å². The van der Waals surface area contributed by atoms with E-state index in [1.807, 2.05) is 49.6 Å². The molecule has 4 heteroatoms. The van der Waals surface area contributed by atoms with Crippen molar-refractivity contribution in [3.8, 4) is 11.8 Å². The maximum Gasteiger partial charge on any atom is 0.269 e. The predicted octanol–water partition coefficient (Wildman–Crippen LogP) is 3.07. The zero-order chi connectivity index (χ0) is 15.2. The van der Waals surface area contributed by atoms with Crippen LogP contribution in [0, 0.1) is 18.8 Å². The molecule has 1 aromatic carbocycles. The standard InChI is InChI=1S/C17H17NO2S/c1-3-18(15-9-5-4-7-13(15)2)17(20)16-14(8-6-11-19)10-12-21-16/h4-5,7,9-10,12,19H,3,11H2,1-2H3. The molecule has 0 fully saturated rings. The molecular formula is C17H17NO2S. The van der Waals surface area contributed by atoms with Crippen LogP contribution in [0.5, 0.6) is 0 Å². The molecule has 0 aliphatic heterocycles. The number of aliphatic hydroxyl groups excluding tert-OH is 1. The number of carbonyl (C=O) groups excluding carboxylic acids is 1. The molecular weight excluding hydrogens is 282 g/mol. The molecule has 0 radical (unpaired) electrons. The van der Waals surface area contributed by atoms with E-state index in [9.17, 15) is 4.79 Å². The average Bonchev–Trinajstić information content (AvgIpc) is 2.96. The summed E-state index contributed by atoms with van der Waals surface area (Å²) in [7, 11) is 0. The maximum absolute atomic E-state index is 12.8. The van der Waals surface area contributed by atoms with Crippen molar-refractivity contribution < 1.29 is 9.90 Å². The third kappa shape index (κ3) is 3.33. The normalized spacial score (nSPS) is 9.86. The summed E-state index contributed by atoms with van der Waals surface area (Å²) in [5.41, 5.74) is 2.65. The fraction of sp³-hybridized carbons (Fsp3) is 0.235. The van der Waals surface area contributed by atoms with E-state index in [1.54, 1.807) is 4.90 Å². The summed E-state index contributed by atoms with van der Waals surface area (Å²) in [6.45, 7) is 4.33. The average molecular weight is 299 g/mol. The Labute approximate surface area is 128 Å². The summed E-state index contributed by atoms with van der Waals surface area (Å²) >= 11 is 1.38. The second-order valence-electron chi connectivity index (χ2n) is 4.46. The van der Waals surface area contributed by atoms with Crippen LogP contribution in [-0.4, -0.2) is 24.2 Å². The van der Waals surface area contributed by atoms with Gasteiger partial charge in [-0.05, 0) is 36.9 Å². The SMILES string of the molecule is CCN(C(=O)c1sccc1C#CCO)c1ccccc1C. The number of aryl methyl sites for hydroxylation is 1. The number of nitrogens with zero attached hydrogens (tertiary/aromatic N) is 1. The van der Waals surface area contributed by atoms with Crippen LogP contribution in [0.2, 0.25) is 0 Å². The molecule has 0 aliphatic rings. The summed E-state index contributed by atoms with van der Waals surface area (Å²) in [4.78, 5) is 15.1. The van der Waals surface area contributed by atoms with Gasteiger partial charge in [0.25, 0.3) is 5.91 Å². The van der Waals surface area contributed by atoms with Gasteiger partial charge in [-0.3, -0.25) is 4.79 Å². The van der Waals surface area contributed by atoms with Gasteiger partial charge in [0.15, 0.2) is 0 Å². The molecule has 0 saturated carbocycles. The number of aliphatic hydroxyl groups is 1. The lowest BCUT2D eigenvalue weighted by molar-refractivity contribution is 0.0992. The van der Waals surface area contributed by atoms with Gasteiger partial charge in [0, 0.05) is 17.8 Å². The van der Waals surface area contributed by atoms with Crippen LogP contribution in [0.15, 0.2) is 35.7 Å². The van der Waals surface area contributed by atoms with Crippen LogP contribution in [0.3, 0.4) is 0 Å². The molecule has 1 N–H and O–H groups in total. The van der Waals surface area contributed by atoms with Crippen molar-refractivity contribution in [3.05, 3.63) is 51.7 Å². The van der Waals surface area contributed by atoms with Crippen LogP contribution in [-0.2, 0) is 0 Å². The lowest BCUT2D eigenvalue weighted by Crippen LogP contribution is -2.31. The van der Waals surface area contributed by atoms with Gasteiger partial charge in [0.1, 0.15) is 11.5 Å². The number of hydrogen-bond acceptors (Lipinski definition) is 3. The Morgan fingerprint density at radius 2 is 2.10 bits per heavy atom. The zero-order valence-corrected chi connectivity index (χ0v) is 12.9. The molecule has 108 valence electrons. The molecule has 0 unspecified atom stereocenters. The van der Waals surface area contributed by atoms with E-state index in [2.05, 4.69) is 11.8 Å². The monoisotopic (exact) mass is 299 g/mol. The summed E-state index contributed by atoms with van der Waals surface area (Å²) in [5, 5.41) is 10.6. The summed E-state index contributed by atoms with van der Waals surface area (Å²) < 4.78 is 0. The molecule has 0 saturated heterocycles. The van der Waals surface area contributed by atoms with Crippen LogP contribution in [0.25, 0.3) is 0 Å². The number of thiophene rings is 1. The third-order valence-corrected chi connectivity index (χ3v) is 4.03. The first-order chi connectivity index (χ1) is 10.2. The molecule has 1 amide bonds. The van der Waals surface area contributed by atoms with E-state index in [0.29, 0.717) is 17.0 Å². The van der Waals surface area contributed by atoms with Gasteiger partial charge in [0.05, 0.1) is 0 Å². The molecule has 3 nitrogen and oxygen atoms in total. The first-order valence-corrected chi connectivity index (χ1v) is 7.61. The van der Waals surface area contributed by atoms with Crippen molar-refractivity contribution >= 4 is 22.9 Å². The summed E-state index contributed by atoms with van der Waals surface area (Å²) in [5.74, 6) is 5.38. The Morgan fingerprint density at radius 3 is 2.76 bits per heavy atom. The topological polar surface area (TPSA) is 40.5 Å². The van der Waals surface area contributed by atoms with E-state index < -0.39 is 0 Å². The second-order valence-corrected chi connectivity index (χ2v) is 5.38. The van der Waals surface area contributed by atoms with E-state index >= 15 is 0 Å². The number of rotatable bonds is 3. The highest BCUT2D eigenvalue weighted by Crippen LogP contribution is 2.25. The molecule has 1 aromatic heterocycles. The number of amides is 1. The predicted molar refractivity (Wildman–Crippen MR) is 86.8 cm³/mol. The van der Waals surface area contributed by atoms with E-state index in [1.165, 1.54) is 11.3 Å². The molecule has 0 spiro atoms. The smallest absolute Gasteiger partial charge is 0.269 e. The summed E-state index contributed by atoms with van der Waals surface area (Å²) in [6.07, 6.45) is 0. The lowest BCUT2D eigenvalue weighted by Gasteiger charge is -2.22. The Hall–Kier alpha value is -2.09. The fourth-order valence-electron chi connectivity index (χ4n) is 2.12. The van der Waals surface area contributed by atoms with Gasteiger partial charge >= 0.3 is 0 Å². The minimum Gasteiger partial charge on any atom is -0.384 e. The quantitative estimate of drug-likeness (QED) is 0.885. The van der Waals surface area contributed by atoms with Gasteiger partial charge in [-0.15, -0.1) is 11.3 Å². The van der Waals surface area contributed by atoms with E-state index in [0.717, 1.165) is 11.3 Å². The van der Waals surface area contributed by atoms with Crippen LogP contribution >= 0.6 is 11.3 Å². The number of para-hydroxylation sites is 1. The third-order valence-electron chi connectivity index (χ3n) is 3.13. The second kappa shape index (κ2) is 7.07. The Balaban J connectivity index is 2.38. The minimum absolute atomic E-state index is 0.0518. The first kappa shape index (κ1) is 15.3. The van der Waals surface area contributed by atoms with Crippen molar-refractivity contribution in [1.82, 2.24) is 0 Å². The summed E-state index contributed by atoms with van der Waals surface area (Å²) in [6, 6.07) is 9.64. The molecule has 0 atom stereocenters. The maximum atomic E-state index is 12.8. The van der Waals surface area contributed by atoms with Gasteiger partial charge < -0.3 is 10.0 Å². The van der Waals surface area contributed by atoms with Crippen LogP contribution in [0.4, 0.5) is 5.69 Å². The van der Waals surface area contributed by atoms with Crippen molar-refractivity contribution in [3.63, 3.8) is 0 Å². The van der Waals surface area contributed by atoms with Crippen molar-refractivity contribution in [2.75, 3.05) is 18.1 Å². The highest BCUT2D eigenvalue weighted by molar-refractivity contribution is 7.12. The first-order valence-electron chi connectivity index (χ1n) is 6.73. The number of anilines is 1. The number of hydrogen-bond donors (Lipinski definition) is 1. The highest BCUT2D eigenvalue weighted by atomic mass is 32.1. The van der Waals surface area contributed by atoms with E-state index in [-0.39, 0.29) is 12.5 Å². The molecule has 2 rings (SSSR count). The largest absolute Gasteiger partial charge is 0.384 e. The minimum atomic E-state index is -0.210. The van der Waals surface area contributed by atoms with Crippen molar-refractivity contribution in [2.45, 2.75) is 13.8 Å². The van der Waals surface area contributed by atoms with Gasteiger partial charge in [0.2, 0.25) is 0 Å². The van der Waals surface area contributed by atoms with Gasteiger partial charge in [-0.25, -0.2) is 0 Å². The van der Waals surface area contributed by atoms with Crippen LogP contribution in [0.1, 0.15) is 27.7 Å².